The molecule has 2 atom stereocenters. The average Bonchev–Trinajstić information content (AvgIpc) is 2.30. The van der Waals surface area contributed by atoms with E-state index in [0.29, 0.717) is 6.29 Å². The second kappa shape index (κ2) is 8.18. The number of nitrogens with one attached hydrogen (secondary N) is 1. The number of hydrogen-bond donors (Lipinski definition) is 4. The lowest BCUT2D eigenvalue weighted by Crippen LogP contribution is -2.46. The molecule has 0 aliphatic heterocycles. The highest BCUT2D eigenvalue weighted by Gasteiger charge is 2.19. The van der Waals surface area contributed by atoms with E-state index >= 15 is 0 Å². The van der Waals surface area contributed by atoms with Gasteiger partial charge >= 0.3 is 11.9 Å². The van der Waals surface area contributed by atoms with Crippen LogP contribution in [0.1, 0.15) is 25.7 Å². The van der Waals surface area contributed by atoms with Gasteiger partial charge in [-0.15, -0.1) is 0 Å². The summed E-state index contributed by atoms with van der Waals surface area (Å²) in [5.74, 6) is -2.82. The van der Waals surface area contributed by atoms with E-state index < -0.39 is 29.9 Å². The Morgan fingerprint density at radius 3 is 2.06 bits per heavy atom. The first-order valence-corrected chi connectivity index (χ1v) is 5.31. The molecule has 102 valence electrons. The van der Waals surface area contributed by atoms with Crippen molar-refractivity contribution in [2.24, 2.45) is 5.73 Å². The fourth-order valence-corrected chi connectivity index (χ4v) is 1.15. The van der Waals surface area contributed by atoms with Crippen molar-refractivity contribution in [3.63, 3.8) is 0 Å². The molecule has 0 saturated heterocycles. The van der Waals surface area contributed by atoms with Crippen LogP contribution in [0.2, 0.25) is 0 Å². The number of rotatable bonds is 9. The summed E-state index contributed by atoms with van der Waals surface area (Å²) in [4.78, 5) is 42.6. The number of carboxylic acid groups (broad SMARTS) is 2. The molecule has 0 spiro atoms. The molecular formula is C10H16N2O6. The van der Waals surface area contributed by atoms with Crippen molar-refractivity contribution in [1.29, 1.82) is 0 Å². The Morgan fingerprint density at radius 2 is 1.61 bits per heavy atom. The van der Waals surface area contributed by atoms with E-state index in [2.05, 4.69) is 5.32 Å². The molecule has 8 nitrogen and oxygen atoms in total. The molecule has 0 unspecified atom stereocenters. The van der Waals surface area contributed by atoms with Crippen molar-refractivity contribution in [3.8, 4) is 0 Å². The third-order valence-electron chi connectivity index (χ3n) is 2.17. The van der Waals surface area contributed by atoms with Crippen molar-refractivity contribution >= 4 is 24.1 Å². The van der Waals surface area contributed by atoms with Gasteiger partial charge < -0.3 is 26.1 Å². The third-order valence-corrected chi connectivity index (χ3v) is 2.17. The number of hydrogen-bond acceptors (Lipinski definition) is 5. The lowest BCUT2D eigenvalue weighted by atomic mass is 10.1. The fraction of sp³-hybridized carbons (Fsp3) is 0.600. The van der Waals surface area contributed by atoms with Gasteiger partial charge in [-0.3, -0.25) is 14.4 Å². The van der Waals surface area contributed by atoms with Crippen molar-refractivity contribution in [1.82, 2.24) is 5.32 Å². The topological polar surface area (TPSA) is 147 Å². The van der Waals surface area contributed by atoms with Gasteiger partial charge in [0.15, 0.2) is 0 Å². The summed E-state index contributed by atoms with van der Waals surface area (Å²) in [5.41, 5.74) is 5.42. The highest BCUT2D eigenvalue weighted by Crippen LogP contribution is 1.99. The van der Waals surface area contributed by atoms with Gasteiger partial charge in [-0.2, -0.15) is 0 Å². The minimum absolute atomic E-state index is 0.0315. The summed E-state index contributed by atoms with van der Waals surface area (Å²) in [6.07, 6.45) is -0.170. The minimum Gasteiger partial charge on any atom is -0.481 e. The largest absolute Gasteiger partial charge is 0.481 e. The average molecular weight is 260 g/mol. The number of amides is 1. The van der Waals surface area contributed by atoms with Crippen molar-refractivity contribution in [3.05, 3.63) is 0 Å². The highest BCUT2D eigenvalue weighted by molar-refractivity contribution is 5.84. The Hall–Kier alpha value is -1.96. The van der Waals surface area contributed by atoms with Crippen LogP contribution < -0.4 is 11.1 Å². The van der Waals surface area contributed by atoms with Gasteiger partial charge in [0, 0.05) is 12.8 Å². The maximum absolute atomic E-state index is 11.4. The molecular weight excluding hydrogens is 244 g/mol. The summed E-state index contributed by atoms with van der Waals surface area (Å²) in [7, 11) is 0. The predicted octanol–water partition coefficient (Wildman–Crippen LogP) is -1.27. The van der Waals surface area contributed by atoms with E-state index in [-0.39, 0.29) is 25.7 Å². The monoisotopic (exact) mass is 260 g/mol. The van der Waals surface area contributed by atoms with Crippen LogP contribution in [0.4, 0.5) is 0 Å². The number of carbonyl (C=O) groups is 4. The van der Waals surface area contributed by atoms with Crippen LogP contribution in [0.5, 0.6) is 0 Å². The summed E-state index contributed by atoms with van der Waals surface area (Å²) in [5, 5.41) is 19.1. The van der Waals surface area contributed by atoms with E-state index in [1.165, 1.54) is 0 Å². The lowest BCUT2D eigenvalue weighted by Gasteiger charge is -2.15. The molecule has 8 heteroatoms. The Balaban J connectivity index is 4.12. The maximum Gasteiger partial charge on any atom is 0.303 e. The molecule has 0 aliphatic carbocycles. The molecule has 0 radical (unpaired) electrons. The SMILES string of the molecule is N[C@H](CCC(=O)O)C(=O)N[C@@H](C=O)CCC(=O)O. The molecule has 0 rings (SSSR count). The number of carboxylic acids is 2. The number of nitrogens with two attached hydrogens (primary N) is 1. The zero-order valence-electron chi connectivity index (χ0n) is 9.67. The Morgan fingerprint density at radius 1 is 1.11 bits per heavy atom. The Kier molecular flexibility index (Phi) is 7.29. The summed E-state index contributed by atoms with van der Waals surface area (Å²) in [6.45, 7) is 0. The van der Waals surface area contributed by atoms with E-state index in [4.69, 9.17) is 15.9 Å². The van der Waals surface area contributed by atoms with Crippen LogP contribution in [0.25, 0.3) is 0 Å². The molecule has 0 heterocycles. The van der Waals surface area contributed by atoms with E-state index in [1.807, 2.05) is 0 Å². The fourth-order valence-electron chi connectivity index (χ4n) is 1.15. The van der Waals surface area contributed by atoms with Crippen molar-refractivity contribution < 1.29 is 29.4 Å². The third kappa shape index (κ3) is 7.34. The standard InChI is InChI=1S/C10H16N2O6/c11-7(2-4-9(16)17)10(18)12-6(5-13)1-3-8(14)15/h5-7H,1-4,11H2,(H,12,18)(H,14,15)(H,16,17)/t6-,7-/m1/s1. The second-order valence-corrected chi connectivity index (χ2v) is 3.72. The van der Waals surface area contributed by atoms with E-state index in [0.717, 1.165) is 0 Å². The van der Waals surface area contributed by atoms with Crippen LogP contribution in [0.15, 0.2) is 0 Å². The molecule has 0 fully saturated rings. The van der Waals surface area contributed by atoms with Gasteiger partial charge in [0.1, 0.15) is 6.29 Å². The molecule has 0 aliphatic rings. The molecule has 0 aromatic rings. The minimum atomic E-state index is -1.08. The summed E-state index contributed by atoms with van der Waals surface area (Å²) >= 11 is 0. The van der Waals surface area contributed by atoms with Crippen LogP contribution in [-0.2, 0) is 19.2 Å². The van der Waals surface area contributed by atoms with Crippen molar-refractivity contribution in [2.45, 2.75) is 37.8 Å². The number of aldehydes is 1. The van der Waals surface area contributed by atoms with Gasteiger partial charge in [-0.05, 0) is 12.8 Å². The Bertz CT molecular complexity index is 330. The van der Waals surface area contributed by atoms with Crippen LogP contribution in [-0.4, -0.2) is 46.4 Å². The molecule has 0 bridgehead atoms. The first kappa shape index (κ1) is 16.0. The van der Waals surface area contributed by atoms with Gasteiger partial charge in [-0.25, -0.2) is 0 Å². The van der Waals surface area contributed by atoms with Crippen LogP contribution in [0.3, 0.4) is 0 Å². The van der Waals surface area contributed by atoms with Crippen molar-refractivity contribution in [2.75, 3.05) is 0 Å². The molecule has 0 aromatic carbocycles. The van der Waals surface area contributed by atoms with E-state index in [9.17, 15) is 19.2 Å². The normalized spacial score (nSPS) is 13.4. The molecule has 5 N–H and O–H groups in total. The summed E-state index contributed by atoms with van der Waals surface area (Å²) < 4.78 is 0. The van der Waals surface area contributed by atoms with Gasteiger partial charge in [0.25, 0.3) is 0 Å². The summed E-state index contributed by atoms with van der Waals surface area (Å²) in [6, 6.07) is -1.96. The molecule has 1 amide bonds. The number of carbonyl (C=O) groups excluding carboxylic acids is 2. The quantitative estimate of drug-likeness (QED) is 0.378. The van der Waals surface area contributed by atoms with Crippen LogP contribution in [0, 0.1) is 0 Å². The van der Waals surface area contributed by atoms with E-state index in [1.54, 1.807) is 0 Å². The van der Waals surface area contributed by atoms with Crippen LogP contribution >= 0.6 is 0 Å². The highest BCUT2D eigenvalue weighted by atomic mass is 16.4. The first-order valence-electron chi connectivity index (χ1n) is 5.31. The molecule has 0 aromatic heterocycles. The first-order chi connectivity index (χ1) is 8.36. The lowest BCUT2D eigenvalue weighted by molar-refractivity contribution is -0.138. The zero-order chi connectivity index (χ0) is 14.1. The predicted molar refractivity (Wildman–Crippen MR) is 59.7 cm³/mol. The van der Waals surface area contributed by atoms with Gasteiger partial charge in [-0.1, -0.05) is 0 Å². The van der Waals surface area contributed by atoms with Gasteiger partial charge in [0.2, 0.25) is 5.91 Å². The molecule has 18 heavy (non-hydrogen) atoms. The number of aliphatic carboxylic acids is 2. The maximum atomic E-state index is 11.4. The molecule has 0 saturated carbocycles. The second-order valence-electron chi connectivity index (χ2n) is 3.72. The van der Waals surface area contributed by atoms with Gasteiger partial charge in [0.05, 0.1) is 12.1 Å². The Labute approximate surface area is 103 Å². The zero-order valence-corrected chi connectivity index (χ0v) is 9.67. The smallest absolute Gasteiger partial charge is 0.303 e.